The van der Waals surface area contributed by atoms with Crippen molar-refractivity contribution < 1.29 is 23.1 Å². The molecule has 2 aromatic rings. The van der Waals surface area contributed by atoms with Crippen molar-refractivity contribution in [3.63, 3.8) is 0 Å². The van der Waals surface area contributed by atoms with Crippen LogP contribution in [0.1, 0.15) is 67.7 Å². The van der Waals surface area contributed by atoms with Gasteiger partial charge in [0.15, 0.2) is 5.75 Å². The van der Waals surface area contributed by atoms with Gasteiger partial charge in [-0.05, 0) is 42.4 Å². The highest BCUT2D eigenvalue weighted by molar-refractivity contribution is 5.99. The van der Waals surface area contributed by atoms with Crippen molar-refractivity contribution in [1.82, 2.24) is 14.8 Å². The van der Waals surface area contributed by atoms with Crippen LogP contribution >= 0.6 is 0 Å². The summed E-state index contributed by atoms with van der Waals surface area (Å²) >= 11 is 0. The molecule has 0 fully saturated rings. The second-order valence-corrected chi connectivity index (χ2v) is 9.59. The molecule has 2 amide bonds. The van der Waals surface area contributed by atoms with Crippen molar-refractivity contribution in [2.24, 2.45) is 5.92 Å². The van der Waals surface area contributed by atoms with E-state index in [2.05, 4.69) is 11.9 Å². The number of benzene rings is 1. The van der Waals surface area contributed by atoms with Crippen molar-refractivity contribution in [3.05, 3.63) is 74.7 Å². The average molecular weight is 516 g/mol. The summed E-state index contributed by atoms with van der Waals surface area (Å²) in [6, 6.07) is 3.23. The Morgan fingerprint density at radius 1 is 1.27 bits per heavy atom. The minimum atomic E-state index is -1.20. The first kappa shape index (κ1) is 28.1. The third-order valence-corrected chi connectivity index (χ3v) is 7.11. The Bertz CT molecular complexity index is 1270. The summed E-state index contributed by atoms with van der Waals surface area (Å²) in [6.45, 7) is 12.2. The first-order valence-electron chi connectivity index (χ1n) is 12.6. The summed E-state index contributed by atoms with van der Waals surface area (Å²) in [5.41, 5.74) is 0.498. The van der Waals surface area contributed by atoms with E-state index < -0.39 is 28.8 Å². The molecule has 1 aliphatic heterocycles. The molecule has 9 heteroatoms. The topological polar surface area (TPSA) is 80.6 Å². The Morgan fingerprint density at radius 3 is 2.51 bits per heavy atom. The number of rotatable bonds is 11. The van der Waals surface area contributed by atoms with E-state index in [1.54, 1.807) is 4.57 Å². The maximum atomic E-state index is 14.3. The normalized spacial score (nSPS) is 14.8. The molecule has 0 saturated carbocycles. The monoisotopic (exact) mass is 515 g/mol. The number of carbonyl (C=O) groups excluding carboxylic acids is 2. The molecule has 0 radical (unpaired) electrons. The molecule has 37 heavy (non-hydrogen) atoms. The summed E-state index contributed by atoms with van der Waals surface area (Å²) < 4.78 is 34.8. The number of aromatic nitrogens is 1. The maximum Gasteiger partial charge on any atom is 0.296 e. The van der Waals surface area contributed by atoms with Gasteiger partial charge >= 0.3 is 0 Å². The van der Waals surface area contributed by atoms with E-state index in [1.807, 2.05) is 27.7 Å². The Labute approximate surface area is 216 Å². The lowest BCUT2D eigenvalue weighted by atomic mass is 9.85. The third kappa shape index (κ3) is 4.91. The fourth-order valence-corrected chi connectivity index (χ4v) is 5.30. The second kappa shape index (κ2) is 11.3. The van der Waals surface area contributed by atoms with Crippen LogP contribution in [0.15, 0.2) is 35.1 Å². The summed E-state index contributed by atoms with van der Waals surface area (Å²) in [4.78, 5) is 41.0. The summed E-state index contributed by atoms with van der Waals surface area (Å²) in [5.74, 6) is -2.10. The van der Waals surface area contributed by atoms with Crippen LogP contribution in [0.4, 0.5) is 8.78 Å². The number of ether oxygens (including phenoxy) is 1. The van der Waals surface area contributed by atoms with Crippen LogP contribution in [0, 0.1) is 17.6 Å². The smallest absolute Gasteiger partial charge is 0.296 e. The largest absolute Gasteiger partial charge is 0.490 e. The van der Waals surface area contributed by atoms with Gasteiger partial charge in [0, 0.05) is 30.4 Å². The zero-order chi connectivity index (χ0) is 27.5. The van der Waals surface area contributed by atoms with E-state index in [-0.39, 0.29) is 35.9 Å². The zero-order valence-corrected chi connectivity index (χ0v) is 22.1. The molecule has 1 aromatic heterocycles. The number of halogens is 2. The Hall–Kier alpha value is -3.49. The number of pyridine rings is 1. The minimum Gasteiger partial charge on any atom is -0.490 e. The molecule has 3 rings (SSSR count). The van der Waals surface area contributed by atoms with Gasteiger partial charge < -0.3 is 15.0 Å². The van der Waals surface area contributed by atoms with E-state index >= 15 is 0 Å². The van der Waals surface area contributed by atoms with Gasteiger partial charge in [0.25, 0.3) is 11.5 Å². The van der Waals surface area contributed by atoms with E-state index in [4.69, 9.17) is 4.74 Å². The van der Waals surface area contributed by atoms with Crippen molar-refractivity contribution in [2.75, 3.05) is 13.7 Å². The molecule has 1 aromatic carbocycles. The van der Waals surface area contributed by atoms with Crippen molar-refractivity contribution in [2.45, 2.75) is 65.6 Å². The number of amides is 2. The Balaban J connectivity index is 2.26. The highest BCUT2D eigenvalue weighted by Crippen LogP contribution is 2.37. The molecular formula is C28H35F2N3O4. The third-order valence-electron chi connectivity index (χ3n) is 7.11. The Morgan fingerprint density at radius 2 is 1.97 bits per heavy atom. The van der Waals surface area contributed by atoms with Gasteiger partial charge in [-0.2, -0.15) is 0 Å². The first-order chi connectivity index (χ1) is 17.6. The number of hydrogen-bond acceptors (Lipinski definition) is 4. The molecule has 2 heterocycles. The van der Waals surface area contributed by atoms with Crippen molar-refractivity contribution >= 4 is 12.3 Å². The summed E-state index contributed by atoms with van der Waals surface area (Å²) in [6.07, 6.45) is 2.45. The lowest BCUT2D eigenvalue weighted by molar-refractivity contribution is -0.112. The quantitative estimate of drug-likeness (QED) is 0.357. The average Bonchev–Trinajstić information content (AvgIpc) is 2.85. The Kier molecular flexibility index (Phi) is 8.56. The fraction of sp³-hybridized carbons (Fsp3) is 0.464. The van der Waals surface area contributed by atoms with Crippen LogP contribution in [-0.2, 0) is 29.8 Å². The van der Waals surface area contributed by atoms with Gasteiger partial charge in [-0.25, -0.2) is 8.78 Å². The lowest BCUT2D eigenvalue weighted by Gasteiger charge is -2.42. The van der Waals surface area contributed by atoms with Gasteiger partial charge in [0.1, 0.15) is 17.3 Å². The van der Waals surface area contributed by atoms with Crippen LogP contribution in [0.2, 0.25) is 0 Å². The second-order valence-electron chi connectivity index (χ2n) is 9.59. The number of nitrogens with one attached hydrogen (secondary N) is 1. The molecule has 0 saturated heterocycles. The van der Waals surface area contributed by atoms with Gasteiger partial charge in [-0.1, -0.05) is 46.8 Å². The van der Waals surface area contributed by atoms with E-state index in [1.165, 1.54) is 18.1 Å². The summed E-state index contributed by atoms with van der Waals surface area (Å²) in [7, 11) is 1.32. The van der Waals surface area contributed by atoms with Gasteiger partial charge in [0.2, 0.25) is 6.41 Å². The van der Waals surface area contributed by atoms with Crippen LogP contribution in [0.3, 0.4) is 0 Å². The van der Waals surface area contributed by atoms with Gasteiger partial charge in [-0.3, -0.25) is 19.0 Å². The number of carbonyl (C=O) groups is 2. The zero-order valence-electron chi connectivity index (χ0n) is 22.1. The molecule has 1 atom stereocenters. The highest BCUT2D eigenvalue weighted by Gasteiger charge is 2.42. The summed E-state index contributed by atoms with van der Waals surface area (Å²) in [5, 5.41) is 2.89. The molecule has 1 aliphatic rings. The molecule has 200 valence electrons. The highest BCUT2D eigenvalue weighted by atomic mass is 19.1. The van der Waals surface area contributed by atoms with Crippen LogP contribution in [0.25, 0.3) is 0 Å². The van der Waals surface area contributed by atoms with E-state index in [0.717, 1.165) is 12.1 Å². The number of fused-ring (bicyclic) bond motifs is 1. The van der Waals surface area contributed by atoms with Gasteiger partial charge in [-0.15, -0.1) is 0 Å². The molecule has 0 bridgehead atoms. The predicted molar refractivity (Wildman–Crippen MR) is 137 cm³/mol. The predicted octanol–water partition coefficient (Wildman–Crippen LogP) is 4.31. The molecule has 0 spiro atoms. The minimum absolute atomic E-state index is 0.0552. The standard InChI is InChI=1S/C28H35F2N3O4/c1-7-12-28(31-16-34,18(5)17(3)4)33-23(8-2)21-11-13-32(15-19-9-10-20(29)14-22(19)30)26(35)24(21)25(37-6)27(33)36/h9-10,14,16-17H,5,7-8,11-13,15H2,1-4,6H3,(H,31,34). The van der Waals surface area contributed by atoms with E-state index in [9.17, 15) is 23.2 Å². The number of methoxy groups -OCH3 is 1. The lowest BCUT2D eigenvalue weighted by Crippen LogP contribution is -2.56. The van der Waals surface area contributed by atoms with Gasteiger partial charge in [0.05, 0.1) is 12.7 Å². The fourth-order valence-electron chi connectivity index (χ4n) is 5.30. The van der Waals surface area contributed by atoms with Crippen LogP contribution in [-0.4, -0.2) is 35.4 Å². The first-order valence-corrected chi connectivity index (χ1v) is 12.6. The maximum absolute atomic E-state index is 14.3. The molecule has 1 N–H and O–H groups in total. The SMILES string of the molecule is C=C(C(C)C)C(CCC)(NC=O)n1c(CC)c2c(c(OC)c1=O)C(=O)N(Cc1ccc(F)cc1F)CC2. The molecule has 0 aliphatic carbocycles. The molecular weight excluding hydrogens is 480 g/mol. The molecule has 7 nitrogen and oxygen atoms in total. The van der Waals surface area contributed by atoms with Crippen LogP contribution < -0.4 is 15.6 Å². The van der Waals surface area contributed by atoms with Crippen LogP contribution in [0.5, 0.6) is 5.75 Å². The van der Waals surface area contributed by atoms with E-state index in [0.29, 0.717) is 48.9 Å². The number of hydrogen-bond donors (Lipinski definition) is 1. The van der Waals surface area contributed by atoms with Crippen molar-refractivity contribution in [3.8, 4) is 5.75 Å². The number of nitrogens with zero attached hydrogens (tertiary/aromatic N) is 2. The van der Waals surface area contributed by atoms with Crippen molar-refractivity contribution in [1.29, 1.82) is 0 Å². The molecule has 1 unspecified atom stereocenters.